The van der Waals surface area contributed by atoms with Crippen LogP contribution in [-0.4, -0.2) is 22.7 Å². The molecule has 5 atom stereocenters. The van der Waals surface area contributed by atoms with Crippen LogP contribution in [0.2, 0.25) is 0 Å². The number of nitrogens with zero attached hydrogens (tertiary/aromatic N) is 1. The van der Waals surface area contributed by atoms with E-state index in [1.807, 2.05) is 0 Å². The fourth-order valence-corrected chi connectivity index (χ4v) is 3.77. The third-order valence-electron chi connectivity index (χ3n) is 4.96. The topological polar surface area (TPSA) is 12.5 Å². The summed E-state index contributed by atoms with van der Waals surface area (Å²) in [7, 11) is 0. The van der Waals surface area contributed by atoms with Gasteiger partial charge in [-0.15, -0.1) is 0 Å². The van der Waals surface area contributed by atoms with Gasteiger partial charge in [0.25, 0.3) is 0 Å². The Kier molecular flexibility index (Phi) is 1.66. The maximum absolute atomic E-state index is 6.12. The number of hydrogen-bond donors (Lipinski definition) is 0. The zero-order valence-electron chi connectivity index (χ0n) is 9.66. The maximum atomic E-state index is 6.12. The Morgan fingerprint density at radius 2 is 1.93 bits per heavy atom. The van der Waals surface area contributed by atoms with Crippen LogP contribution in [0.1, 0.15) is 40.5 Å². The Balaban J connectivity index is 1.86. The third-order valence-corrected chi connectivity index (χ3v) is 4.96. The molecule has 0 N–H and O–H groups in total. The highest BCUT2D eigenvalue weighted by molar-refractivity contribution is 5.08. The molecule has 2 heteroatoms. The first-order valence-corrected chi connectivity index (χ1v) is 5.98. The first-order chi connectivity index (χ1) is 6.52. The first-order valence-electron chi connectivity index (χ1n) is 5.98. The predicted molar refractivity (Wildman–Crippen MR) is 55.6 cm³/mol. The minimum atomic E-state index is 0.279. The van der Waals surface area contributed by atoms with Gasteiger partial charge >= 0.3 is 0 Å². The molecule has 0 aromatic heterocycles. The number of fused-ring (bicyclic) bond motifs is 3. The molecule has 2 nitrogen and oxygen atoms in total. The van der Waals surface area contributed by atoms with Crippen molar-refractivity contribution in [3.8, 4) is 0 Å². The fourth-order valence-electron chi connectivity index (χ4n) is 3.77. The summed E-state index contributed by atoms with van der Waals surface area (Å²) >= 11 is 0. The van der Waals surface area contributed by atoms with Gasteiger partial charge in [0.1, 0.15) is 0 Å². The van der Waals surface area contributed by atoms with E-state index in [9.17, 15) is 0 Å². The van der Waals surface area contributed by atoms with E-state index in [4.69, 9.17) is 4.84 Å². The molecular weight excluding hydrogens is 174 g/mol. The molecule has 0 spiro atoms. The summed E-state index contributed by atoms with van der Waals surface area (Å²) in [4.78, 5) is 6.12. The van der Waals surface area contributed by atoms with Crippen LogP contribution in [0.15, 0.2) is 0 Å². The van der Waals surface area contributed by atoms with Gasteiger partial charge < -0.3 is 0 Å². The van der Waals surface area contributed by atoms with E-state index < -0.39 is 0 Å². The second-order valence-electron chi connectivity index (χ2n) is 6.11. The molecule has 0 radical (unpaired) electrons. The minimum absolute atomic E-state index is 0.279. The van der Waals surface area contributed by atoms with E-state index in [0.717, 1.165) is 23.8 Å². The molecule has 2 heterocycles. The molecule has 3 rings (SSSR count). The summed E-state index contributed by atoms with van der Waals surface area (Å²) in [5.74, 6) is 2.46. The van der Waals surface area contributed by atoms with E-state index in [2.05, 4.69) is 32.8 Å². The average molecular weight is 195 g/mol. The largest absolute Gasteiger partial charge is 0.294 e. The summed E-state index contributed by atoms with van der Waals surface area (Å²) in [6, 6.07) is 0.723. The molecule has 1 aliphatic carbocycles. The van der Waals surface area contributed by atoms with E-state index >= 15 is 0 Å². The summed E-state index contributed by atoms with van der Waals surface area (Å²) in [5.41, 5.74) is 0.279. The zero-order valence-corrected chi connectivity index (χ0v) is 9.66. The highest BCUT2D eigenvalue weighted by Crippen LogP contribution is 2.56. The van der Waals surface area contributed by atoms with Crippen LogP contribution in [0.4, 0.5) is 0 Å². The van der Waals surface area contributed by atoms with Gasteiger partial charge in [-0.1, -0.05) is 13.8 Å². The van der Waals surface area contributed by atoms with Crippen LogP contribution in [0.25, 0.3) is 0 Å². The summed E-state index contributed by atoms with van der Waals surface area (Å²) in [5, 5.41) is 2.32. The molecule has 14 heavy (non-hydrogen) atoms. The van der Waals surface area contributed by atoms with Crippen molar-refractivity contribution in [1.82, 2.24) is 5.06 Å². The molecule has 3 aliphatic rings. The normalized spacial score (nSPS) is 55.3. The lowest BCUT2D eigenvalue weighted by molar-refractivity contribution is -0.222. The van der Waals surface area contributed by atoms with Gasteiger partial charge in [0, 0.05) is 17.5 Å². The first kappa shape index (κ1) is 9.17. The maximum Gasteiger partial charge on any atom is 0.0868 e. The van der Waals surface area contributed by atoms with Crippen molar-refractivity contribution >= 4 is 0 Å². The second kappa shape index (κ2) is 2.53. The Bertz CT molecular complexity index is 263. The van der Waals surface area contributed by atoms with E-state index in [-0.39, 0.29) is 5.54 Å². The lowest BCUT2D eigenvalue weighted by Crippen LogP contribution is -2.49. The van der Waals surface area contributed by atoms with Crippen molar-refractivity contribution in [2.24, 2.45) is 17.8 Å². The Hall–Kier alpha value is -0.0800. The number of rotatable bonds is 0. The molecule has 2 aliphatic heterocycles. The number of hydrogen-bond acceptors (Lipinski definition) is 2. The Morgan fingerprint density at radius 3 is 2.64 bits per heavy atom. The third kappa shape index (κ3) is 0.892. The molecule has 0 bridgehead atoms. The molecule has 80 valence electrons. The molecule has 0 aromatic carbocycles. The SMILES string of the molecule is C[C@@H]1[C@H](C)[C@H]2ON3[C@@H](CCC3(C)C)[C@@H]12. The van der Waals surface area contributed by atoms with Gasteiger partial charge in [-0.2, -0.15) is 5.06 Å². The summed E-state index contributed by atoms with van der Waals surface area (Å²) < 4.78 is 0. The molecule has 3 fully saturated rings. The van der Waals surface area contributed by atoms with Crippen molar-refractivity contribution in [1.29, 1.82) is 0 Å². The molecule has 0 unspecified atom stereocenters. The van der Waals surface area contributed by atoms with E-state index in [0.29, 0.717) is 6.10 Å². The van der Waals surface area contributed by atoms with E-state index in [1.54, 1.807) is 0 Å². The van der Waals surface area contributed by atoms with Crippen molar-refractivity contribution in [3.05, 3.63) is 0 Å². The fraction of sp³-hybridized carbons (Fsp3) is 1.00. The zero-order chi connectivity index (χ0) is 10.1. The molecule has 2 saturated heterocycles. The van der Waals surface area contributed by atoms with Gasteiger partial charge in [-0.25, -0.2) is 0 Å². The Morgan fingerprint density at radius 1 is 1.21 bits per heavy atom. The van der Waals surface area contributed by atoms with Gasteiger partial charge in [0.05, 0.1) is 6.10 Å². The van der Waals surface area contributed by atoms with Crippen LogP contribution in [-0.2, 0) is 4.84 Å². The molecule has 0 aromatic rings. The lowest BCUT2D eigenvalue weighted by atomic mass is 9.61. The van der Waals surface area contributed by atoms with Crippen LogP contribution >= 0.6 is 0 Å². The smallest absolute Gasteiger partial charge is 0.0868 e. The number of hydroxylamine groups is 2. The van der Waals surface area contributed by atoms with E-state index in [1.165, 1.54) is 12.8 Å². The Labute approximate surface area is 86.6 Å². The van der Waals surface area contributed by atoms with Crippen LogP contribution < -0.4 is 0 Å². The molecular formula is C12H21NO. The average Bonchev–Trinajstić information content (AvgIpc) is 2.62. The standard InChI is InChI=1S/C12H21NO/c1-7-8(2)11-10(7)9-5-6-12(3,4)13(9)14-11/h7-11H,5-6H2,1-4H3/t7-,8+,9+,10-,11-/m1/s1. The van der Waals surface area contributed by atoms with Gasteiger partial charge in [0.15, 0.2) is 0 Å². The van der Waals surface area contributed by atoms with Crippen molar-refractivity contribution < 1.29 is 4.84 Å². The van der Waals surface area contributed by atoms with Gasteiger partial charge in [-0.05, 0) is 38.5 Å². The van der Waals surface area contributed by atoms with Crippen LogP contribution in [0.5, 0.6) is 0 Å². The van der Waals surface area contributed by atoms with Crippen molar-refractivity contribution in [3.63, 3.8) is 0 Å². The second-order valence-corrected chi connectivity index (χ2v) is 6.11. The van der Waals surface area contributed by atoms with Gasteiger partial charge in [-0.3, -0.25) is 4.84 Å². The predicted octanol–water partition coefficient (Wildman–Crippen LogP) is 2.45. The molecule has 1 saturated carbocycles. The highest BCUT2D eigenvalue weighted by atomic mass is 16.7. The van der Waals surface area contributed by atoms with Crippen molar-refractivity contribution in [2.45, 2.75) is 58.2 Å². The lowest BCUT2D eigenvalue weighted by Gasteiger charge is -2.44. The summed E-state index contributed by atoms with van der Waals surface area (Å²) in [6.07, 6.45) is 3.17. The van der Waals surface area contributed by atoms with Gasteiger partial charge in [0.2, 0.25) is 0 Å². The minimum Gasteiger partial charge on any atom is -0.294 e. The van der Waals surface area contributed by atoms with Crippen LogP contribution in [0.3, 0.4) is 0 Å². The highest BCUT2D eigenvalue weighted by Gasteiger charge is 2.61. The quantitative estimate of drug-likeness (QED) is 0.588. The van der Waals surface area contributed by atoms with Crippen molar-refractivity contribution in [2.75, 3.05) is 0 Å². The summed E-state index contributed by atoms with van der Waals surface area (Å²) in [6.45, 7) is 9.35. The monoisotopic (exact) mass is 195 g/mol. The van der Waals surface area contributed by atoms with Crippen LogP contribution in [0, 0.1) is 17.8 Å². The molecule has 0 amide bonds.